The number of carbonyl (C=O) groups excluding carboxylic acids is 1. The molecule has 1 aromatic heterocycles. The van der Waals surface area contributed by atoms with Crippen molar-refractivity contribution in [2.45, 2.75) is 39.7 Å². The van der Waals surface area contributed by atoms with E-state index >= 15 is 0 Å². The Balaban J connectivity index is 2.01. The quantitative estimate of drug-likeness (QED) is 0.514. The first-order valence-corrected chi connectivity index (χ1v) is 10.2. The van der Waals surface area contributed by atoms with Gasteiger partial charge in [-0.25, -0.2) is 9.07 Å². The van der Waals surface area contributed by atoms with Gasteiger partial charge < -0.3 is 14.4 Å². The number of benzene rings is 2. The lowest BCUT2D eigenvalue weighted by atomic mass is 10.1. The third-order valence-electron chi connectivity index (χ3n) is 5.24. The Morgan fingerprint density at radius 3 is 2.39 bits per heavy atom. The topological polar surface area (TPSA) is 56.6 Å². The highest BCUT2D eigenvalue weighted by Gasteiger charge is 2.22. The normalized spacial score (nSPS) is 10.9. The Bertz CT molecular complexity index is 1040. The van der Waals surface area contributed by atoms with Crippen LogP contribution in [0.2, 0.25) is 0 Å². The highest BCUT2D eigenvalue weighted by molar-refractivity contribution is 5.76. The van der Waals surface area contributed by atoms with Gasteiger partial charge in [0, 0.05) is 25.1 Å². The number of rotatable bonds is 8. The first-order chi connectivity index (χ1) is 14.8. The smallest absolute Gasteiger partial charge is 0.226 e. The van der Waals surface area contributed by atoms with Gasteiger partial charge in [0.1, 0.15) is 5.82 Å². The van der Waals surface area contributed by atoms with Crippen LogP contribution in [0, 0.1) is 12.7 Å². The first-order valence-electron chi connectivity index (χ1n) is 10.2. The van der Waals surface area contributed by atoms with E-state index in [1.54, 1.807) is 41.9 Å². The van der Waals surface area contributed by atoms with Gasteiger partial charge in [-0.15, -0.1) is 0 Å². The average molecular weight is 426 g/mol. The lowest BCUT2D eigenvalue weighted by Gasteiger charge is -2.21. The Kier molecular flexibility index (Phi) is 6.95. The molecule has 6 nitrogen and oxygen atoms in total. The van der Waals surface area contributed by atoms with Crippen molar-refractivity contribution in [3.8, 4) is 23.1 Å². The number of amides is 1. The number of hydrogen-bond donors (Lipinski definition) is 0. The monoisotopic (exact) mass is 425 g/mol. The summed E-state index contributed by atoms with van der Waals surface area (Å²) in [5, 5.41) is 4.62. The summed E-state index contributed by atoms with van der Waals surface area (Å²) in [5.74, 6) is 1.30. The number of ether oxygens (including phenoxy) is 2. The number of halogens is 1. The van der Waals surface area contributed by atoms with Crippen molar-refractivity contribution in [2.75, 3.05) is 14.2 Å². The van der Waals surface area contributed by atoms with Gasteiger partial charge in [-0.3, -0.25) is 4.79 Å². The second kappa shape index (κ2) is 9.64. The maximum Gasteiger partial charge on any atom is 0.226 e. The third kappa shape index (κ3) is 5.05. The van der Waals surface area contributed by atoms with Gasteiger partial charge in [0.05, 0.1) is 18.5 Å². The van der Waals surface area contributed by atoms with E-state index in [9.17, 15) is 9.18 Å². The second-order valence-corrected chi connectivity index (χ2v) is 7.61. The first kappa shape index (κ1) is 22.3. The number of aromatic nitrogens is 2. The number of aryl methyl sites for hydroxylation is 1. The zero-order valence-electron chi connectivity index (χ0n) is 18.6. The van der Waals surface area contributed by atoms with Gasteiger partial charge in [0.15, 0.2) is 11.5 Å². The maximum absolute atomic E-state index is 13.5. The fraction of sp³-hybridized carbons (Fsp3) is 0.333. The zero-order chi connectivity index (χ0) is 22.5. The molecule has 164 valence electrons. The molecule has 31 heavy (non-hydrogen) atoms. The fourth-order valence-corrected chi connectivity index (χ4v) is 3.19. The van der Waals surface area contributed by atoms with Crippen molar-refractivity contribution in [3.05, 3.63) is 65.6 Å². The van der Waals surface area contributed by atoms with E-state index in [1.165, 1.54) is 12.1 Å². The summed E-state index contributed by atoms with van der Waals surface area (Å²) in [4.78, 5) is 14.3. The van der Waals surface area contributed by atoms with E-state index in [1.807, 2.05) is 39.0 Å². The molecule has 0 aliphatic rings. The van der Waals surface area contributed by atoms with Gasteiger partial charge in [0.25, 0.3) is 0 Å². The van der Waals surface area contributed by atoms with Gasteiger partial charge in [-0.1, -0.05) is 12.1 Å². The minimum atomic E-state index is -0.331. The van der Waals surface area contributed by atoms with Gasteiger partial charge in [-0.05, 0) is 63.6 Å². The molecule has 0 aliphatic heterocycles. The Morgan fingerprint density at radius 2 is 1.77 bits per heavy atom. The fourth-order valence-electron chi connectivity index (χ4n) is 3.19. The SMILES string of the molecule is COc1ccccc1Oc1c(CCC(=O)N(C)C(C)C)c(C)nn1-c1ccc(F)cc1. The van der Waals surface area contributed by atoms with Crippen LogP contribution in [-0.4, -0.2) is 40.8 Å². The van der Waals surface area contributed by atoms with Crippen molar-refractivity contribution in [3.63, 3.8) is 0 Å². The minimum Gasteiger partial charge on any atom is -0.493 e. The van der Waals surface area contributed by atoms with Gasteiger partial charge in [0.2, 0.25) is 11.8 Å². The van der Waals surface area contributed by atoms with Crippen LogP contribution in [0.15, 0.2) is 48.5 Å². The molecule has 3 rings (SSSR count). The molecule has 3 aromatic rings. The summed E-state index contributed by atoms with van der Waals surface area (Å²) in [5.41, 5.74) is 2.22. The van der Waals surface area contributed by atoms with Crippen molar-refractivity contribution in [1.82, 2.24) is 14.7 Å². The van der Waals surface area contributed by atoms with Crippen LogP contribution in [0.25, 0.3) is 5.69 Å². The molecule has 0 fully saturated rings. The lowest BCUT2D eigenvalue weighted by molar-refractivity contribution is -0.131. The van der Waals surface area contributed by atoms with E-state index in [0.29, 0.717) is 35.9 Å². The maximum atomic E-state index is 13.5. The summed E-state index contributed by atoms with van der Waals surface area (Å²) < 4.78 is 26.8. The summed E-state index contributed by atoms with van der Waals surface area (Å²) in [6.07, 6.45) is 0.792. The van der Waals surface area contributed by atoms with Crippen LogP contribution in [0.5, 0.6) is 17.4 Å². The number of para-hydroxylation sites is 2. The molecule has 0 unspecified atom stereocenters. The molecular weight excluding hydrogens is 397 g/mol. The third-order valence-corrected chi connectivity index (χ3v) is 5.24. The van der Waals surface area contributed by atoms with Crippen LogP contribution in [0.1, 0.15) is 31.5 Å². The zero-order valence-corrected chi connectivity index (χ0v) is 18.6. The molecule has 0 N–H and O–H groups in total. The molecule has 0 aliphatic carbocycles. The Hall–Kier alpha value is -3.35. The molecule has 0 atom stereocenters. The second-order valence-electron chi connectivity index (χ2n) is 7.61. The van der Waals surface area contributed by atoms with Crippen LogP contribution in [0.4, 0.5) is 4.39 Å². The molecule has 0 saturated heterocycles. The molecule has 2 aromatic carbocycles. The molecule has 1 heterocycles. The van der Waals surface area contributed by atoms with E-state index < -0.39 is 0 Å². The largest absolute Gasteiger partial charge is 0.493 e. The summed E-state index contributed by atoms with van der Waals surface area (Å²) in [7, 11) is 3.38. The van der Waals surface area contributed by atoms with Crippen LogP contribution >= 0.6 is 0 Å². The van der Waals surface area contributed by atoms with Crippen LogP contribution in [-0.2, 0) is 11.2 Å². The molecular formula is C24H28FN3O3. The van der Waals surface area contributed by atoms with Gasteiger partial charge in [-0.2, -0.15) is 5.10 Å². The number of nitrogens with zero attached hydrogens (tertiary/aromatic N) is 3. The van der Waals surface area contributed by atoms with Crippen molar-refractivity contribution in [2.24, 2.45) is 0 Å². The summed E-state index contributed by atoms with van der Waals surface area (Å²) >= 11 is 0. The summed E-state index contributed by atoms with van der Waals surface area (Å²) in [6.45, 7) is 5.83. The highest BCUT2D eigenvalue weighted by atomic mass is 19.1. The molecule has 0 bridgehead atoms. The molecule has 0 radical (unpaired) electrons. The summed E-state index contributed by atoms with van der Waals surface area (Å²) in [6, 6.07) is 13.5. The minimum absolute atomic E-state index is 0.0483. The van der Waals surface area contributed by atoms with Crippen molar-refractivity contribution < 1.29 is 18.7 Å². The van der Waals surface area contributed by atoms with Crippen molar-refractivity contribution >= 4 is 5.91 Å². The average Bonchev–Trinajstić information content (AvgIpc) is 3.07. The predicted molar refractivity (Wildman–Crippen MR) is 118 cm³/mol. The lowest BCUT2D eigenvalue weighted by Crippen LogP contribution is -2.33. The number of methoxy groups -OCH3 is 1. The highest BCUT2D eigenvalue weighted by Crippen LogP contribution is 2.36. The van der Waals surface area contributed by atoms with E-state index in [0.717, 1.165) is 11.3 Å². The number of carbonyl (C=O) groups is 1. The van der Waals surface area contributed by atoms with Crippen molar-refractivity contribution in [1.29, 1.82) is 0 Å². The number of hydrogen-bond acceptors (Lipinski definition) is 4. The predicted octanol–water partition coefficient (Wildman–Crippen LogP) is 4.92. The van der Waals surface area contributed by atoms with Gasteiger partial charge >= 0.3 is 0 Å². The molecule has 7 heteroatoms. The molecule has 0 spiro atoms. The molecule has 0 saturated carbocycles. The van der Waals surface area contributed by atoms with Crippen LogP contribution in [0.3, 0.4) is 0 Å². The van der Waals surface area contributed by atoms with E-state index in [-0.39, 0.29) is 17.8 Å². The van der Waals surface area contributed by atoms with E-state index in [4.69, 9.17) is 9.47 Å². The molecule has 1 amide bonds. The Labute approximate surface area is 182 Å². The standard InChI is InChI=1S/C24H28FN3O3/c1-16(2)27(4)23(29)15-14-20-17(3)26-28(19-12-10-18(25)11-13-19)24(20)31-22-9-7-6-8-21(22)30-5/h6-13,16H,14-15H2,1-5H3. The van der Waals surface area contributed by atoms with Crippen LogP contribution < -0.4 is 9.47 Å². The van der Waals surface area contributed by atoms with E-state index in [2.05, 4.69) is 5.10 Å². The Morgan fingerprint density at radius 1 is 1.13 bits per heavy atom.